The minimum Gasteiger partial charge on any atom is -0.324 e. The second-order valence-electron chi connectivity index (χ2n) is 8.18. The maximum absolute atomic E-state index is 13.1. The highest BCUT2D eigenvalue weighted by atomic mass is 16.2. The number of likely N-dealkylation sites (tertiary alicyclic amines) is 1. The number of benzene rings is 1. The van der Waals surface area contributed by atoms with E-state index in [0.29, 0.717) is 17.5 Å². The van der Waals surface area contributed by atoms with Crippen molar-refractivity contribution in [2.24, 2.45) is 35.5 Å². The molecule has 6 rings (SSSR count). The molecule has 2 bridgehead atoms. The molecule has 5 heteroatoms. The molecule has 0 aromatic heterocycles. The molecule has 5 aliphatic rings. The highest BCUT2D eigenvalue weighted by Gasteiger charge is 2.67. The second-order valence-corrected chi connectivity index (χ2v) is 8.18. The van der Waals surface area contributed by atoms with Crippen LogP contribution in [0.2, 0.25) is 0 Å². The molecule has 1 aromatic carbocycles. The topological polar surface area (TPSA) is 66.5 Å². The molecule has 3 fully saturated rings. The summed E-state index contributed by atoms with van der Waals surface area (Å²) in [6, 6.07) is 6.70. The highest BCUT2D eigenvalue weighted by Crippen LogP contribution is 2.65. The van der Waals surface area contributed by atoms with Crippen LogP contribution in [0.25, 0.3) is 0 Å². The van der Waals surface area contributed by atoms with Crippen molar-refractivity contribution in [3.63, 3.8) is 0 Å². The lowest BCUT2D eigenvalue weighted by molar-refractivity contribution is -0.146. The lowest BCUT2D eigenvalue weighted by atomic mass is 9.63. The predicted octanol–water partition coefficient (Wildman–Crippen LogP) is 2.38. The molecule has 3 amide bonds. The number of aryl methyl sites for hydroxylation is 1. The van der Waals surface area contributed by atoms with E-state index < -0.39 is 6.04 Å². The molecule has 0 radical (unpaired) electrons. The van der Waals surface area contributed by atoms with Gasteiger partial charge in [-0.3, -0.25) is 19.3 Å². The summed E-state index contributed by atoms with van der Waals surface area (Å²) in [5, 5.41) is 2.86. The largest absolute Gasteiger partial charge is 0.324 e. The molecular formula is C21H22N2O3. The minimum absolute atomic E-state index is 0.155. The number of carbonyl (C=O) groups is 3. The van der Waals surface area contributed by atoms with Crippen LogP contribution in [0.4, 0.5) is 5.69 Å². The molecule has 2 saturated carbocycles. The number of hydrogen-bond acceptors (Lipinski definition) is 3. The van der Waals surface area contributed by atoms with Crippen molar-refractivity contribution in [2.45, 2.75) is 26.3 Å². The number of rotatable bonds is 3. The summed E-state index contributed by atoms with van der Waals surface area (Å²) in [6.45, 7) is 3.56. The van der Waals surface area contributed by atoms with Gasteiger partial charge in [-0.1, -0.05) is 30.4 Å². The minimum atomic E-state index is -0.795. The molecule has 1 aromatic rings. The van der Waals surface area contributed by atoms with E-state index in [4.69, 9.17) is 0 Å². The molecule has 134 valence electrons. The molecule has 4 aliphatic carbocycles. The lowest BCUT2D eigenvalue weighted by Gasteiger charge is -2.37. The van der Waals surface area contributed by atoms with Gasteiger partial charge in [-0.2, -0.15) is 0 Å². The third-order valence-corrected chi connectivity index (χ3v) is 6.87. The molecular weight excluding hydrogens is 328 g/mol. The molecule has 7 unspecified atom stereocenters. The molecule has 1 saturated heterocycles. The molecule has 0 spiro atoms. The van der Waals surface area contributed by atoms with Crippen LogP contribution >= 0.6 is 0 Å². The average Bonchev–Trinajstić information content (AvgIpc) is 3.41. The molecule has 26 heavy (non-hydrogen) atoms. The van der Waals surface area contributed by atoms with E-state index in [1.165, 1.54) is 4.90 Å². The van der Waals surface area contributed by atoms with Gasteiger partial charge in [-0.25, -0.2) is 0 Å². The Morgan fingerprint density at radius 2 is 1.65 bits per heavy atom. The Labute approximate surface area is 152 Å². The number of para-hydroxylation sites is 1. The van der Waals surface area contributed by atoms with Crippen LogP contribution in [-0.4, -0.2) is 28.7 Å². The lowest BCUT2D eigenvalue weighted by Crippen LogP contribution is -2.46. The summed E-state index contributed by atoms with van der Waals surface area (Å²) in [5.74, 6) is 0.369. The van der Waals surface area contributed by atoms with E-state index in [9.17, 15) is 14.4 Å². The van der Waals surface area contributed by atoms with E-state index in [-0.39, 0.29) is 41.4 Å². The van der Waals surface area contributed by atoms with Gasteiger partial charge >= 0.3 is 0 Å². The summed E-state index contributed by atoms with van der Waals surface area (Å²) in [4.78, 5) is 40.1. The van der Waals surface area contributed by atoms with Crippen LogP contribution in [0.3, 0.4) is 0 Å². The Kier molecular flexibility index (Phi) is 3.21. The zero-order chi connectivity index (χ0) is 18.2. The van der Waals surface area contributed by atoms with Crippen LogP contribution in [0.5, 0.6) is 0 Å². The van der Waals surface area contributed by atoms with Gasteiger partial charge in [0.2, 0.25) is 17.7 Å². The number of amides is 3. The monoisotopic (exact) mass is 350 g/mol. The average molecular weight is 350 g/mol. The summed E-state index contributed by atoms with van der Waals surface area (Å²) >= 11 is 0. The van der Waals surface area contributed by atoms with Gasteiger partial charge in [-0.15, -0.1) is 0 Å². The number of imide groups is 1. The van der Waals surface area contributed by atoms with Gasteiger partial charge in [0.05, 0.1) is 11.8 Å². The van der Waals surface area contributed by atoms with Crippen molar-refractivity contribution in [3.05, 3.63) is 42.0 Å². The first-order valence-electron chi connectivity index (χ1n) is 9.41. The number of carbonyl (C=O) groups excluding carboxylic acids is 3. The highest BCUT2D eigenvalue weighted by molar-refractivity contribution is 6.10. The third kappa shape index (κ3) is 2.00. The van der Waals surface area contributed by atoms with E-state index in [0.717, 1.165) is 12.0 Å². The fourth-order valence-electron chi connectivity index (χ4n) is 5.43. The van der Waals surface area contributed by atoms with Crippen molar-refractivity contribution < 1.29 is 14.4 Å². The van der Waals surface area contributed by atoms with Gasteiger partial charge in [0.1, 0.15) is 6.04 Å². The van der Waals surface area contributed by atoms with Crippen LogP contribution in [0.1, 0.15) is 18.9 Å². The first-order valence-corrected chi connectivity index (χ1v) is 9.41. The fourth-order valence-corrected chi connectivity index (χ4v) is 5.43. The van der Waals surface area contributed by atoms with E-state index >= 15 is 0 Å². The molecule has 5 nitrogen and oxygen atoms in total. The SMILES string of the molecule is Cc1ccccc1NC(=O)C(C)N1C(=O)C2C3C=CC(C4CC34)C2C1=O. The molecule has 1 N–H and O–H groups in total. The summed E-state index contributed by atoms with van der Waals surface area (Å²) in [5.41, 5.74) is 1.66. The zero-order valence-electron chi connectivity index (χ0n) is 14.9. The van der Waals surface area contributed by atoms with Crippen molar-refractivity contribution in [1.29, 1.82) is 0 Å². The Hall–Kier alpha value is -2.43. The van der Waals surface area contributed by atoms with Gasteiger partial charge in [0.25, 0.3) is 0 Å². The van der Waals surface area contributed by atoms with E-state index in [2.05, 4.69) is 17.5 Å². The molecule has 7 atom stereocenters. The second kappa shape index (κ2) is 5.29. The van der Waals surface area contributed by atoms with Crippen molar-refractivity contribution >= 4 is 23.4 Å². The number of nitrogens with zero attached hydrogens (tertiary/aromatic N) is 1. The van der Waals surface area contributed by atoms with E-state index in [1.807, 2.05) is 31.2 Å². The Balaban J connectivity index is 1.39. The van der Waals surface area contributed by atoms with Crippen LogP contribution in [0, 0.1) is 42.4 Å². The zero-order valence-corrected chi connectivity index (χ0v) is 14.9. The quantitative estimate of drug-likeness (QED) is 0.672. The predicted molar refractivity (Wildman–Crippen MR) is 95.8 cm³/mol. The van der Waals surface area contributed by atoms with Crippen LogP contribution in [-0.2, 0) is 14.4 Å². The molecule has 1 heterocycles. The fraction of sp³-hybridized carbons (Fsp3) is 0.476. The first kappa shape index (κ1) is 15.8. The number of nitrogens with one attached hydrogen (secondary N) is 1. The van der Waals surface area contributed by atoms with Crippen LogP contribution < -0.4 is 5.32 Å². The number of anilines is 1. The summed E-state index contributed by atoms with van der Waals surface area (Å²) in [7, 11) is 0. The molecule has 1 aliphatic heterocycles. The van der Waals surface area contributed by atoms with Crippen LogP contribution in [0.15, 0.2) is 36.4 Å². The maximum atomic E-state index is 13.1. The van der Waals surface area contributed by atoms with Gasteiger partial charge in [0, 0.05) is 5.69 Å². The van der Waals surface area contributed by atoms with Crippen molar-refractivity contribution in [2.75, 3.05) is 5.32 Å². The first-order chi connectivity index (χ1) is 12.5. The Morgan fingerprint density at radius 3 is 2.23 bits per heavy atom. The van der Waals surface area contributed by atoms with Gasteiger partial charge < -0.3 is 5.32 Å². The summed E-state index contributed by atoms with van der Waals surface area (Å²) in [6.07, 6.45) is 5.43. The standard InChI is InChI=1S/C21H22N2O3/c1-10-5-3-4-6-16(10)22-19(24)11(2)23-20(25)17-12-7-8-13(15-9-14(12)15)18(17)21(23)26/h3-8,11-15,17-18H,9H2,1-2H3,(H,22,24). The van der Waals surface area contributed by atoms with E-state index in [1.54, 1.807) is 6.92 Å². The van der Waals surface area contributed by atoms with Crippen molar-refractivity contribution in [1.82, 2.24) is 4.90 Å². The van der Waals surface area contributed by atoms with Gasteiger partial charge in [0.15, 0.2) is 0 Å². The van der Waals surface area contributed by atoms with Crippen molar-refractivity contribution in [3.8, 4) is 0 Å². The number of allylic oxidation sites excluding steroid dienone is 2. The smallest absolute Gasteiger partial charge is 0.247 e. The Morgan fingerprint density at radius 1 is 1.08 bits per heavy atom. The van der Waals surface area contributed by atoms with Gasteiger partial charge in [-0.05, 0) is 55.6 Å². The Bertz CT molecular complexity index is 825. The normalized spacial score (nSPS) is 37.4. The summed E-state index contributed by atoms with van der Waals surface area (Å²) < 4.78 is 0. The third-order valence-electron chi connectivity index (χ3n) is 6.87. The maximum Gasteiger partial charge on any atom is 0.247 e. The number of hydrogen-bond donors (Lipinski definition) is 1.